The summed E-state index contributed by atoms with van der Waals surface area (Å²) in [7, 11) is 0. The van der Waals surface area contributed by atoms with E-state index in [-0.39, 0.29) is 5.60 Å². The lowest BCUT2D eigenvalue weighted by atomic mass is 9.81. The lowest BCUT2D eigenvalue weighted by Gasteiger charge is -2.30. The molecule has 1 atom stereocenters. The molecule has 1 rings (SSSR count). The molecule has 0 heterocycles. The quantitative estimate of drug-likeness (QED) is 0.542. The van der Waals surface area contributed by atoms with Crippen LogP contribution in [0.5, 0.6) is 0 Å². The molecule has 1 aliphatic carbocycles. The molecule has 0 aliphatic heterocycles. The Hall–Kier alpha value is -0.0400. The van der Waals surface area contributed by atoms with Crippen molar-refractivity contribution in [2.24, 2.45) is 5.92 Å². The molecule has 1 unspecified atom stereocenters. The van der Waals surface area contributed by atoms with Crippen molar-refractivity contribution in [3.05, 3.63) is 0 Å². The molecule has 0 saturated heterocycles. The van der Waals surface area contributed by atoms with Crippen molar-refractivity contribution < 1.29 is 5.11 Å². The first kappa shape index (κ1) is 16.0. The van der Waals surface area contributed by atoms with Crippen LogP contribution in [0.1, 0.15) is 97.3 Å². The highest BCUT2D eigenvalue weighted by atomic mass is 16.3. The number of aliphatic hydroxyl groups is 1. The first-order chi connectivity index (χ1) is 8.70. The van der Waals surface area contributed by atoms with Crippen molar-refractivity contribution in [1.82, 2.24) is 0 Å². The molecule has 1 saturated carbocycles. The zero-order valence-electron chi connectivity index (χ0n) is 12.7. The Morgan fingerprint density at radius 3 is 2.28 bits per heavy atom. The van der Waals surface area contributed by atoms with Crippen LogP contribution in [0.2, 0.25) is 0 Å². The normalized spacial score (nSPS) is 20.8. The summed E-state index contributed by atoms with van der Waals surface area (Å²) in [6.07, 6.45) is 16.5. The maximum absolute atomic E-state index is 10.6. The topological polar surface area (TPSA) is 20.2 Å². The van der Waals surface area contributed by atoms with Crippen molar-refractivity contribution in [2.75, 3.05) is 0 Å². The van der Waals surface area contributed by atoms with E-state index in [2.05, 4.69) is 13.8 Å². The van der Waals surface area contributed by atoms with Crippen molar-refractivity contribution in [3.63, 3.8) is 0 Å². The Balaban J connectivity index is 2.20. The third-order valence-electron chi connectivity index (χ3n) is 4.90. The first-order valence-corrected chi connectivity index (χ1v) is 8.42. The van der Waals surface area contributed by atoms with E-state index < -0.39 is 0 Å². The van der Waals surface area contributed by atoms with Gasteiger partial charge in [0.25, 0.3) is 0 Å². The Bertz CT molecular complexity index is 196. The van der Waals surface area contributed by atoms with Crippen molar-refractivity contribution in [1.29, 1.82) is 0 Å². The Labute approximate surface area is 114 Å². The van der Waals surface area contributed by atoms with Crippen molar-refractivity contribution in [3.8, 4) is 0 Å². The van der Waals surface area contributed by atoms with Gasteiger partial charge in [-0.2, -0.15) is 0 Å². The monoisotopic (exact) mass is 254 g/mol. The Kier molecular flexibility index (Phi) is 7.97. The third-order valence-corrected chi connectivity index (χ3v) is 4.90. The third kappa shape index (κ3) is 6.22. The second kappa shape index (κ2) is 8.96. The largest absolute Gasteiger partial charge is 0.390 e. The molecule has 0 radical (unpaired) electrons. The summed E-state index contributed by atoms with van der Waals surface area (Å²) in [5.41, 5.74) is -0.356. The van der Waals surface area contributed by atoms with Gasteiger partial charge < -0.3 is 5.11 Å². The lowest BCUT2D eigenvalue weighted by Crippen LogP contribution is -2.28. The fourth-order valence-electron chi connectivity index (χ4n) is 3.31. The van der Waals surface area contributed by atoms with Gasteiger partial charge in [-0.3, -0.25) is 0 Å². The zero-order chi connectivity index (χ0) is 13.3. The van der Waals surface area contributed by atoms with Gasteiger partial charge in [0, 0.05) is 0 Å². The van der Waals surface area contributed by atoms with Gasteiger partial charge in [-0.05, 0) is 31.6 Å². The molecular formula is C17H34O. The van der Waals surface area contributed by atoms with Crippen LogP contribution >= 0.6 is 0 Å². The average molecular weight is 254 g/mol. The van der Waals surface area contributed by atoms with Crippen LogP contribution in [-0.2, 0) is 0 Å². The fraction of sp³-hybridized carbons (Fsp3) is 1.00. The van der Waals surface area contributed by atoms with Gasteiger partial charge in [0.15, 0.2) is 0 Å². The molecule has 108 valence electrons. The predicted molar refractivity (Wildman–Crippen MR) is 79.8 cm³/mol. The van der Waals surface area contributed by atoms with Crippen LogP contribution in [0.4, 0.5) is 0 Å². The van der Waals surface area contributed by atoms with Gasteiger partial charge in [0.05, 0.1) is 5.60 Å². The van der Waals surface area contributed by atoms with E-state index in [9.17, 15) is 5.11 Å². The predicted octanol–water partition coefficient (Wildman–Crippen LogP) is 5.46. The smallest absolute Gasteiger partial charge is 0.0645 e. The van der Waals surface area contributed by atoms with E-state index in [1.54, 1.807) is 0 Å². The van der Waals surface area contributed by atoms with E-state index in [4.69, 9.17) is 0 Å². The maximum atomic E-state index is 10.6. The lowest BCUT2D eigenvalue weighted by molar-refractivity contribution is 0.00915. The molecule has 18 heavy (non-hydrogen) atoms. The van der Waals surface area contributed by atoms with Gasteiger partial charge in [-0.25, -0.2) is 0 Å². The molecule has 0 spiro atoms. The SMILES string of the molecule is CCCCCCC(O)(CC)CCC1CCCCC1. The van der Waals surface area contributed by atoms with E-state index in [0.717, 1.165) is 25.2 Å². The summed E-state index contributed by atoms with van der Waals surface area (Å²) >= 11 is 0. The molecule has 1 aliphatic rings. The summed E-state index contributed by atoms with van der Waals surface area (Å²) in [6, 6.07) is 0. The minimum absolute atomic E-state index is 0.356. The van der Waals surface area contributed by atoms with Crippen LogP contribution in [0.25, 0.3) is 0 Å². The molecule has 1 nitrogen and oxygen atoms in total. The minimum Gasteiger partial charge on any atom is -0.390 e. The van der Waals surface area contributed by atoms with E-state index in [1.165, 1.54) is 64.2 Å². The number of hydrogen-bond donors (Lipinski definition) is 1. The summed E-state index contributed by atoms with van der Waals surface area (Å²) in [5, 5.41) is 10.6. The number of unbranched alkanes of at least 4 members (excludes halogenated alkanes) is 3. The molecule has 0 bridgehead atoms. The molecule has 0 amide bonds. The standard InChI is InChI=1S/C17H34O/c1-3-5-6-10-14-17(18,4-2)15-13-16-11-8-7-9-12-16/h16,18H,3-15H2,1-2H3. The van der Waals surface area contributed by atoms with Crippen molar-refractivity contribution in [2.45, 2.75) is 103 Å². The summed E-state index contributed by atoms with van der Waals surface area (Å²) in [5.74, 6) is 0.910. The summed E-state index contributed by atoms with van der Waals surface area (Å²) in [4.78, 5) is 0. The zero-order valence-corrected chi connectivity index (χ0v) is 12.7. The summed E-state index contributed by atoms with van der Waals surface area (Å²) in [6.45, 7) is 4.40. The van der Waals surface area contributed by atoms with E-state index in [1.807, 2.05) is 0 Å². The molecule has 0 aromatic rings. The maximum Gasteiger partial charge on any atom is 0.0645 e. The molecule has 0 aromatic heterocycles. The van der Waals surface area contributed by atoms with Gasteiger partial charge in [0.1, 0.15) is 0 Å². The van der Waals surface area contributed by atoms with E-state index >= 15 is 0 Å². The average Bonchev–Trinajstić information content (AvgIpc) is 2.43. The van der Waals surface area contributed by atoms with Gasteiger partial charge in [0.2, 0.25) is 0 Å². The van der Waals surface area contributed by atoms with Crippen LogP contribution in [0, 0.1) is 5.92 Å². The van der Waals surface area contributed by atoms with Gasteiger partial charge in [-0.1, -0.05) is 71.6 Å². The molecule has 0 aromatic carbocycles. The van der Waals surface area contributed by atoms with Gasteiger partial charge >= 0.3 is 0 Å². The molecule has 1 fully saturated rings. The Morgan fingerprint density at radius 2 is 1.67 bits per heavy atom. The molecule has 1 N–H and O–H groups in total. The van der Waals surface area contributed by atoms with Gasteiger partial charge in [-0.15, -0.1) is 0 Å². The molecule has 1 heteroatoms. The van der Waals surface area contributed by atoms with Crippen LogP contribution in [-0.4, -0.2) is 10.7 Å². The van der Waals surface area contributed by atoms with Crippen LogP contribution in [0.3, 0.4) is 0 Å². The van der Waals surface area contributed by atoms with Crippen LogP contribution < -0.4 is 0 Å². The number of rotatable bonds is 9. The first-order valence-electron chi connectivity index (χ1n) is 8.42. The van der Waals surface area contributed by atoms with Crippen molar-refractivity contribution >= 4 is 0 Å². The highest BCUT2D eigenvalue weighted by Crippen LogP contribution is 2.32. The molecular weight excluding hydrogens is 220 g/mol. The summed E-state index contributed by atoms with van der Waals surface area (Å²) < 4.78 is 0. The van der Waals surface area contributed by atoms with E-state index in [0.29, 0.717) is 0 Å². The second-order valence-corrected chi connectivity index (χ2v) is 6.43. The second-order valence-electron chi connectivity index (χ2n) is 6.43. The highest BCUT2D eigenvalue weighted by molar-refractivity contribution is 4.79. The number of hydrogen-bond acceptors (Lipinski definition) is 1. The Morgan fingerprint density at radius 1 is 0.944 bits per heavy atom. The minimum atomic E-state index is -0.356. The van der Waals surface area contributed by atoms with Crippen LogP contribution in [0.15, 0.2) is 0 Å². The fourth-order valence-corrected chi connectivity index (χ4v) is 3.31. The highest BCUT2D eigenvalue weighted by Gasteiger charge is 2.25.